The summed E-state index contributed by atoms with van der Waals surface area (Å²) in [5.74, 6) is 0.735. The van der Waals surface area contributed by atoms with Gasteiger partial charge in [0.1, 0.15) is 6.61 Å². The summed E-state index contributed by atoms with van der Waals surface area (Å²) in [6.07, 6.45) is 1.51. The van der Waals surface area contributed by atoms with E-state index >= 15 is 0 Å². The third-order valence-corrected chi connectivity index (χ3v) is 4.73. The van der Waals surface area contributed by atoms with Gasteiger partial charge in [0.25, 0.3) is 5.91 Å². The third-order valence-electron chi connectivity index (χ3n) is 4.14. The summed E-state index contributed by atoms with van der Waals surface area (Å²) in [4.78, 5) is 12.1. The first-order valence-electron chi connectivity index (χ1n) is 8.90. The first-order chi connectivity index (χ1) is 14.5. The number of carbonyl (C=O) groups is 1. The fourth-order valence-corrected chi connectivity index (χ4v) is 3.01. The number of methoxy groups -OCH3 is 1. The Labute approximate surface area is 184 Å². The molecule has 0 aliphatic rings. The number of amides is 1. The number of nitrogen functional groups attached to an aromatic ring is 1. The maximum absolute atomic E-state index is 12.1. The maximum Gasteiger partial charge on any atom is 0.271 e. The van der Waals surface area contributed by atoms with Gasteiger partial charge in [-0.15, -0.1) is 0 Å². The molecule has 0 unspecified atom stereocenters. The monoisotopic (exact) mass is 443 g/mol. The van der Waals surface area contributed by atoms with Gasteiger partial charge in [-0.3, -0.25) is 4.79 Å². The molecular formula is C22H19Cl2N3O3. The van der Waals surface area contributed by atoms with Crippen molar-refractivity contribution in [1.29, 1.82) is 0 Å². The molecule has 3 rings (SSSR count). The van der Waals surface area contributed by atoms with Crippen LogP contribution in [0.1, 0.15) is 21.5 Å². The number of halogens is 2. The Morgan fingerprint density at radius 3 is 2.53 bits per heavy atom. The van der Waals surface area contributed by atoms with Crippen LogP contribution in [0, 0.1) is 0 Å². The first-order valence-corrected chi connectivity index (χ1v) is 9.65. The van der Waals surface area contributed by atoms with Gasteiger partial charge in [0.15, 0.2) is 11.5 Å². The molecule has 0 aliphatic carbocycles. The number of benzene rings is 3. The van der Waals surface area contributed by atoms with Crippen LogP contribution in [0.4, 0.5) is 5.69 Å². The molecule has 154 valence electrons. The topological polar surface area (TPSA) is 85.9 Å². The standard InChI is InChI=1S/C22H19Cl2N3O3/c1-29-21-10-14(12-26-27-22(28)15-4-7-18(25)8-5-15)2-9-20(21)30-13-16-3-6-17(23)11-19(16)24/h2-12H,13,25H2,1H3,(H,27,28)/b26-12+. The van der Waals surface area contributed by atoms with Crippen molar-refractivity contribution < 1.29 is 14.3 Å². The number of hydrogen-bond acceptors (Lipinski definition) is 5. The van der Waals surface area contributed by atoms with Crippen molar-refractivity contribution >= 4 is 41.0 Å². The lowest BCUT2D eigenvalue weighted by atomic mass is 10.2. The van der Waals surface area contributed by atoms with E-state index in [0.29, 0.717) is 32.8 Å². The molecule has 3 aromatic carbocycles. The highest BCUT2D eigenvalue weighted by atomic mass is 35.5. The molecule has 0 radical (unpaired) electrons. The number of nitrogens with one attached hydrogen (secondary N) is 1. The van der Waals surface area contributed by atoms with Gasteiger partial charge in [-0.1, -0.05) is 29.3 Å². The van der Waals surface area contributed by atoms with E-state index in [-0.39, 0.29) is 12.5 Å². The van der Waals surface area contributed by atoms with Gasteiger partial charge in [0.2, 0.25) is 0 Å². The Bertz CT molecular complexity index is 1070. The molecular weight excluding hydrogens is 425 g/mol. The molecule has 1 amide bonds. The van der Waals surface area contributed by atoms with Gasteiger partial charge in [-0.2, -0.15) is 5.10 Å². The van der Waals surface area contributed by atoms with Gasteiger partial charge in [0.05, 0.1) is 13.3 Å². The van der Waals surface area contributed by atoms with Crippen LogP contribution >= 0.6 is 23.2 Å². The third kappa shape index (κ3) is 5.65. The molecule has 8 heteroatoms. The zero-order valence-corrected chi connectivity index (χ0v) is 17.6. The molecule has 3 N–H and O–H groups in total. The van der Waals surface area contributed by atoms with Gasteiger partial charge in [-0.05, 0) is 60.2 Å². The Morgan fingerprint density at radius 1 is 1.07 bits per heavy atom. The van der Waals surface area contributed by atoms with E-state index in [0.717, 1.165) is 11.1 Å². The average Bonchev–Trinajstić information content (AvgIpc) is 2.74. The van der Waals surface area contributed by atoms with Crippen LogP contribution in [0.2, 0.25) is 10.0 Å². The van der Waals surface area contributed by atoms with Crippen LogP contribution in [0.3, 0.4) is 0 Å². The zero-order valence-electron chi connectivity index (χ0n) is 16.1. The van der Waals surface area contributed by atoms with Crippen LogP contribution in [0.5, 0.6) is 11.5 Å². The number of nitrogens with two attached hydrogens (primary N) is 1. The summed E-state index contributed by atoms with van der Waals surface area (Å²) in [5, 5.41) is 5.07. The Hall–Kier alpha value is -3.22. The fourth-order valence-electron chi connectivity index (χ4n) is 2.54. The lowest BCUT2D eigenvalue weighted by molar-refractivity contribution is 0.0955. The summed E-state index contributed by atoms with van der Waals surface area (Å²) >= 11 is 12.1. The summed E-state index contributed by atoms with van der Waals surface area (Å²) in [6, 6.07) is 17.1. The first kappa shape index (κ1) is 21.5. The van der Waals surface area contributed by atoms with E-state index in [9.17, 15) is 4.79 Å². The Morgan fingerprint density at radius 2 is 1.83 bits per heavy atom. The average molecular weight is 444 g/mol. The smallest absolute Gasteiger partial charge is 0.271 e. The van der Waals surface area contributed by atoms with Gasteiger partial charge >= 0.3 is 0 Å². The molecule has 0 heterocycles. The van der Waals surface area contributed by atoms with E-state index in [4.69, 9.17) is 38.4 Å². The van der Waals surface area contributed by atoms with Crippen LogP contribution in [-0.4, -0.2) is 19.2 Å². The fraction of sp³-hybridized carbons (Fsp3) is 0.0909. The SMILES string of the molecule is COc1cc(/C=N/NC(=O)c2ccc(N)cc2)ccc1OCc1ccc(Cl)cc1Cl. The van der Waals surface area contributed by atoms with E-state index in [1.807, 2.05) is 6.07 Å². The predicted molar refractivity (Wildman–Crippen MR) is 120 cm³/mol. The highest BCUT2D eigenvalue weighted by molar-refractivity contribution is 6.35. The van der Waals surface area contributed by atoms with Crippen molar-refractivity contribution in [3.05, 3.63) is 87.4 Å². The van der Waals surface area contributed by atoms with Crippen LogP contribution in [0.15, 0.2) is 65.8 Å². The number of rotatable bonds is 7. The number of nitrogens with zero attached hydrogens (tertiary/aromatic N) is 1. The van der Waals surface area contributed by atoms with Crippen molar-refractivity contribution in [1.82, 2.24) is 5.43 Å². The molecule has 30 heavy (non-hydrogen) atoms. The van der Waals surface area contributed by atoms with E-state index in [1.54, 1.807) is 61.7 Å². The lowest BCUT2D eigenvalue weighted by Crippen LogP contribution is -2.17. The molecule has 0 aromatic heterocycles. The minimum absolute atomic E-state index is 0.261. The van der Waals surface area contributed by atoms with Crippen LogP contribution in [0.25, 0.3) is 0 Å². The second kappa shape index (κ2) is 10.0. The van der Waals surface area contributed by atoms with Crippen molar-refractivity contribution in [3.8, 4) is 11.5 Å². The molecule has 3 aromatic rings. The largest absolute Gasteiger partial charge is 0.493 e. The second-order valence-electron chi connectivity index (χ2n) is 6.26. The van der Waals surface area contributed by atoms with Gasteiger partial charge < -0.3 is 15.2 Å². The predicted octanol–water partition coefficient (Wildman–Crippen LogP) is 4.93. The van der Waals surface area contributed by atoms with Crippen molar-refractivity contribution in [2.45, 2.75) is 6.61 Å². The molecule has 0 atom stereocenters. The number of anilines is 1. The highest BCUT2D eigenvalue weighted by Crippen LogP contribution is 2.29. The normalized spacial score (nSPS) is 10.8. The van der Waals surface area contributed by atoms with Gasteiger partial charge in [0, 0.05) is 26.9 Å². The molecule has 0 fully saturated rings. The summed E-state index contributed by atoms with van der Waals surface area (Å²) in [7, 11) is 1.54. The summed E-state index contributed by atoms with van der Waals surface area (Å²) in [6.45, 7) is 0.261. The molecule has 6 nitrogen and oxygen atoms in total. The number of hydrazone groups is 1. The van der Waals surface area contributed by atoms with Crippen molar-refractivity contribution in [2.24, 2.45) is 5.10 Å². The molecule has 0 aliphatic heterocycles. The minimum atomic E-state index is -0.335. The van der Waals surface area contributed by atoms with E-state index in [1.165, 1.54) is 6.21 Å². The van der Waals surface area contributed by atoms with Crippen molar-refractivity contribution in [3.63, 3.8) is 0 Å². The minimum Gasteiger partial charge on any atom is -0.493 e. The number of hydrogen-bond donors (Lipinski definition) is 2. The van der Waals surface area contributed by atoms with Crippen LogP contribution in [-0.2, 0) is 6.61 Å². The van der Waals surface area contributed by atoms with E-state index in [2.05, 4.69) is 10.5 Å². The van der Waals surface area contributed by atoms with Crippen LogP contribution < -0.4 is 20.6 Å². The quantitative estimate of drug-likeness (QED) is 0.308. The summed E-state index contributed by atoms with van der Waals surface area (Å²) < 4.78 is 11.2. The van der Waals surface area contributed by atoms with Gasteiger partial charge in [-0.25, -0.2) is 5.43 Å². The Kier molecular flexibility index (Phi) is 7.17. The highest BCUT2D eigenvalue weighted by Gasteiger charge is 2.08. The second-order valence-corrected chi connectivity index (χ2v) is 7.10. The molecule has 0 spiro atoms. The molecule has 0 saturated heterocycles. The molecule has 0 saturated carbocycles. The molecule has 0 bridgehead atoms. The number of carbonyl (C=O) groups excluding carboxylic acids is 1. The zero-order chi connectivity index (χ0) is 21.5. The van der Waals surface area contributed by atoms with E-state index < -0.39 is 0 Å². The number of ether oxygens (including phenoxy) is 2. The summed E-state index contributed by atoms with van der Waals surface area (Å²) in [5.41, 5.74) is 10.7. The Balaban J connectivity index is 1.63. The maximum atomic E-state index is 12.1. The van der Waals surface area contributed by atoms with Crippen molar-refractivity contribution in [2.75, 3.05) is 12.8 Å². The lowest BCUT2D eigenvalue weighted by Gasteiger charge is -2.12.